The zero-order valence-corrected chi connectivity index (χ0v) is 16.0. The Bertz CT molecular complexity index is 978. The molecule has 0 aliphatic heterocycles. The van der Waals surface area contributed by atoms with E-state index in [0.717, 1.165) is 10.8 Å². The van der Waals surface area contributed by atoms with Gasteiger partial charge in [-0.15, -0.1) is 0 Å². The van der Waals surface area contributed by atoms with E-state index < -0.39 is 12.1 Å². The van der Waals surface area contributed by atoms with Crippen molar-refractivity contribution in [1.82, 2.24) is 0 Å². The number of esters is 1. The summed E-state index contributed by atoms with van der Waals surface area (Å²) in [5.74, 6) is -0.132. The van der Waals surface area contributed by atoms with Gasteiger partial charge in [-0.25, -0.2) is 4.79 Å². The Balaban J connectivity index is 1.80. The molecule has 0 aromatic heterocycles. The van der Waals surface area contributed by atoms with Crippen LogP contribution in [0.15, 0.2) is 66.7 Å². The number of carbonyl (C=O) groups is 2. The summed E-state index contributed by atoms with van der Waals surface area (Å²) in [5, 5.41) is 4.80. The van der Waals surface area contributed by atoms with Crippen molar-refractivity contribution in [3.05, 3.63) is 72.3 Å². The molecule has 1 amide bonds. The van der Waals surface area contributed by atoms with Gasteiger partial charge in [-0.3, -0.25) is 4.79 Å². The minimum Gasteiger partial charge on any atom is -0.480 e. The molecule has 0 radical (unpaired) electrons. The molecule has 5 heteroatoms. The number of anilines is 1. The highest BCUT2D eigenvalue weighted by Crippen LogP contribution is 2.27. The van der Waals surface area contributed by atoms with Crippen LogP contribution in [0.3, 0.4) is 0 Å². The van der Waals surface area contributed by atoms with Crippen LogP contribution < -0.4 is 10.1 Å². The smallest absolute Gasteiger partial charge is 0.340 e. The first-order valence-corrected chi connectivity index (χ1v) is 9.35. The van der Waals surface area contributed by atoms with E-state index in [9.17, 15) is 9.59 Å². The van der Waals surface area contributed by atoms with Crippen molar-refractivity contribution in [3.63, 3.8) is 0 Å². The highest BCUT2D eigenvalue weighted by atomic mass is 16.5. The van der Waals surface area contributed by atoms with Crippen molar-refractivity contribution in [3.8, 4) is 5.75 Å². The Morgan fingerprint density at radius 1 is 0.929 bits per heavy atom. The first-order chi connectivity index (χ1) is 13.6. The molecule has 0 aliphatic carbocycles. The lowest BCUT2D eigenvalue weighted by Crippen LogP contribution is -2.33. The molecule has 3 rings (SSSR count). The summed E-state index contributed by atoms with van der Waals surface area (Å²) in [7, 11) is 0. The first-order valence-electron chi connectivity index (χ1n) is 9.35. The van der Waals surface area contributed by atoms with E-state index in [0.29, 0.717) is 23.4 Å². The Labute approximate surface area is 164 Å². The van der Waals surface area contributed by atoms with Crippen LogP contribution in [0.25, 0.3) is 10.8 Å². The van der Waals surface area contributed by atoms with E-state index in [1.54, 1.807) is 31.2 Å². The molecule has 0 fully saturated rings. The van der Waals surface area contributed by atoms with E-state index >= 15 is 0 Å². The number of hydrogen-bond acceptors (Lipinski definition) is 4. The number of ether oxygens (including phenoxy) is 2. The molecule has 5 nitrogen and oxygen atoms in total. The standard InChI is InChI=1S/C23H23NO4/c1-3-20(28-21-15-9-11-16-10-5-6-12-17(16)21)22(25)24-19-14-8-7-13-18(19)23(26)27-4-2/h5-15,20H,3-4H2,1-2H3,(H,24,25)/t20-/m1/s1. The summed E-state index contributed by atoms with van der Waals surface area (Å²) in [6.07, 6.45) is -0.211. The molecule has 0 heterocycles. The van der Waals surface area contributed by atoms with Gasteiger partial charge in [-0.2, -0.15) is 0 Å². The lowest BCUT2D eigenvalue weighted by molar-refractivity contribution is -0.122. The van der Waals surface area contributed by atoms with Gasteiger partial charge < -0.3 is 14.8 Å². The van der Waals surface area contributed by atoms with Crippen molar-refractivity contribution in [1.29, 1.82) is 0 Å². The number of hydrogen-bond donors (Lipinski definition) is 1. The van der Waals surface area contributed by atoms with Gasteiger partial charge in [0.2, 0.25) is 0 Å². The lowest BCUT2D eigenvalue weighted by atomic mass is 10.1. The molecule has 0 bridgehead atoms. The zero-order valence-electron chi connectivity index (χ0n) is 16.0. The molecule has 1 N–H and O–H groups in total. The quantitative estimate of drug-likeness (QED) is 0.600. The van der Waals surface area contributed by atoms with E-state index in [1.807, 2.05) is 49.4 Å². The fraction of sp³-hybridized carbons (Fsp3) is 0.217. The summed E-state index contributed by atoms with van der Waals surface area (Å²) in [5.41, 5.74) is 0.726. The van der Waals surface area contributed by atoms with Crippen molar-refractivity contribution in [2.45, 2.75) is 26.4 Å². The largest absolute Gasteiger partial charge is 0.480 e. The number of benzene rings is 3. The average molecular weight is 377 g/mol. The summed E-state index contributed by atoms with van der Waals surface area (Å²) in [6.45, 7) is 3.89. The third kappa shape index (κ3) is 4.31. The van der Waals surface area contributed by atoms with Crippen LogP contribution in [0.5, 0.6) is 5.75 Å². The number of nitrogens with one attached hydrogen (secondary N) is 1. The molecule has 0 aliphatic rings. The monoisotopic (exact) mass is 377 g/mol. The summed E-state index contributed by atoms with van der Waals surface area (Å²) in [6, 6.07) is 20.4. The average Bonchev–Trinajstić information content (AvgIpc) is 2.72. The van der Waals surface area contributed by atoms with Crippen molar-refractivity contribution in [2.75, 3.05) is 11.9 Å². The van der Waals surface area contributed by atoms with E-state index in [4.69, 9.17) is 9.47 Å². The van der Waals surface area contributed by atoms with Crippen LogP contribution in [0.2, 0.25) is 0 Å². The first kappa shape index (κ1) is 19.4. The Morgan fingerprint density at radius 2 is 1.64 bits per heavy atom. The highest BCUT2D eigenvalue weighted by Gasteiger charge is 2.22. The third-order valence-electron chi connectivity index (χ3n) is 4.36. The molecule has 0 saturated carbocycles. The van der Waals surface area contributed by atoms with E-state index in [-0.39, 0.29) is 12.5 Å². The van der Waals surface area contributed by atoms with Crippen LogP contribution in [0.1, 0.15) is 30.6 Å². The molecule has 0 spiro atoms. The topological polar surface area (TPSA) is 64.6 Å². The van der Waals surface area contributed by atoms with Gasteiger partial charge in [0.05, 0.1) is 17.9 Å². The van der Waals surface area contributed by atoms with Crippen molar-refractivity contribution < 1.29 is 19.1 Å². The molecule has 144 valence electrons. The molecule has 0 saturated heterocycles. The summed E-state index contributed by atoms with van der Waals surface area (Å²) in [4.78, 5) is 24.9. The fourth-order valence-electron chi connectivity index (χ4n) is 2.97. The maximum atomic E-state index is 12.8. The normalized spacial score (nSPS) is 11.6. The van der Waals surface area contributed by atoms with Crippen LogP contribution in [0.4, 0.5) is 5.69 Å². The van der Waals surface area contributed by atoms with Crippen LogP contribution in [-0.4, -0.2) is 24.6 Å². The maximum absolute atomic E-state index is 12.8. The number of para-hydroxylation sites is 1. The second kappa shape index (κ2) is 9.04. The molecule has 3 aromatic carbocycles. The SMILES string of the molecule is CCOC(=O)c1ccccc1NC(=O)[C@@H](CC)Oc1cccc2ccccc12. The lowest BCUT2D eigenvalue weighted by Gasteiger charge is -2.19. The molecule has 3 aromatic rings. The fourth-order valence-corrected chi connectivity index (χ4v) is 2.97. The minimum atomic E-state index is -0.693. The van der Waals surface area contributed by atoms with Gasteiger partial charge in [0.1, 0.15) is 5.75 Å². The third-order valence-corrected chi connectivity index (χ3v) is 4.36. The summed E-state index contributed by atoms with van der Waals surface area (Å²) >= 11 is 0. The second-order valence-electron chi connectivity index (χ2n) is 6.25. The molecule has 1 atom stereocenters. The minimum absolute atomic E-state index is 0.267. The summed E-state index contributed by atoms with van der Waals surface area (Å²) < 4.78 is 11.1. The van der Waals surface area contributed by atoms with Gasteiger partial charge in [0.15, 0.2) is 6.10 Å². The molecule has 0 unspecified atom stereocenters. The predicted molar refractivity (Wildman–Crippen MR) is 110 cm³/mol. The van der Waals surface area contributed by atoms with E-state index in [2.05, 4.69) is 5.32 Å². The van der Waals surface area contributed by atoms with Crippen LogP contribution in [0, 0.1) is 0 Å². The van der Waals surface area contributed by atoms with Gasteiger partial charge in [0, 0.05) is 5.39 Å². The highest BCUT2D eigenvalue weighted by molar-refractivity contribution is 6.02. The molecule has 28 heavy (non-hydrogen) atoms. The van der Waals surface area contributed by atoms with Gasteiger partial charge in [0.25, 0.3) is 5.91 Å². The molecular formula is C23H23NO4. The second-order valence-corrected chi connectivity index (χ2v) is 6.25. The number of rotatable bonds is 7. The van der Waals surface area contributed by atoms with Crippen molar-refractivity contribution in [2.24, 2.45) is 0 Å². The number of amides is 1. The Hall–Kier alpha value is -3.34. The number of fused-ring (bicyclic) bond motifs is 1. The predicted octanol–water partition coefficient (Wildman–Crippen LogP) is 4.81. The van der Waals surface area contributed by atoms with E-state index in [1.165, 1.54) is 0 Å². The van der Waals surface area contributed by atoms with Crippen LogP contribution in [-0.2, 0) is 9.53 Å². The van der Waals surface area contributed by atoms with Crippen LogP contribution >= 0.6 is 0 Å². The Kier molecular flexibility index (Phi) is 6.27. The maximum Gasteiger partial charge on any atom is 0.340 e. The molecular weight excluding hydrogens is 354 g/mol. The van der Waals surface area contributed by atoms with Gasteiger partial charge in [-0.1, -0.05) is 55.5 Å². The zero-order chi connectivity index (χ0) is 19.9. The Morgan fingerprint density at radius 3 is 2.43 bits per heavy atom. The van der Waals surface area contributed by atoms with Crippen molar-refractivity contribution >= 4 is 28.3 Å². The van der Waals surface area contributed by atoms with Gasteiger partial charge >= 0.3 is 5.97 Å². The van der Waals surface area contributed by atoms with Gasteiger partial charge in [-0.05, 0) is 36.9 Å². The number of carbonyl (C=O) groups excluding carboxylic acids is 2.